The Morgan fingerprint density at radius 2 is 0.914 bits per heavy atom. The molecule has 13 rings (SSSR count). The lowest BCUT2D eigenvalue weighted by molar-refractivity contribution is 1.19. The van der Waals surface area contributed by atoms with E-state index in [-0.39, 0.29) is 0 Å². The van der Waals surface area contributed by atoms with E-state index >= 15 is 0 Å². The molecule has 0 fully saturated rings. The number of hydrogen-bond acceptors (Lipinski definition) is 4. The van der Waals surface area contributed by atoms with E-state index in [0.717, 1.165) is 11.4 Å². The number of aromatic nitrogens is 4. The molecule has 0 aliphatic carbocycles. The highest BCUT2D eigenvalue weighted by molar-refractivity contribution is 7.26. The van der Waals surface area contributed by atoms with Gasteiger partial charge in [0.1, 0.15) is 0 Å². The number of benzene rings is 7. The summed E-state index contributed by atoms with van der Waals surface area (Å²) >= 11 is 3.65. The molecule has 6 aromatic heterocycles. The van der Waals surface area contributed by atoms with Gasteiger partial charge in [-0.3, -0.25) is 9.97 Å². The fraction of sp³-hybridized carbons (Fsp3) is 0. The summed E-state index contributed by atoms with van der Waals surface area (Å²) in [6.45, 7) is 0. The Balaban J connectivity index is 1.12. The average Bonchev–Trinajstić information content (AvgIpc) is 4.03. The van der Waals surface area contributed by atoms with E-state index in [4.69, 9.17) is 0 Å². The highest BCUT2D eigenvalue weighted by atomic mass is 32.1. The van der Waals surface area contributed by atoms with Gasteiger partial charge in [0, 0.05) is 98.1 Å². The Labute approximate surface area is 340 Å². The number of para-hydroxylation sites is 2. The second-order valence-corrected chi connectivity index (χ2v) is 17.2. The van der Waals surface area contributed by atoms with Gasteiger partial charge in [0.05, 0.1) is 22.1 Å². The third kappa shape index (κ3) is 4.55. The molecular weight excluding hydrogens is 745 g/mol. The highest BCUT2D eigenvalue weighted by Gasteiger charge is 2.22. The van der Waals surface area contributed by atoms with Crippen LogP contribution in [0.25, 0.3) is 118 Å². The van der Waals surface area contributed by atoms with Gasteiger partial charge in [0.15, 0.2) is 0 Å². The van der Waals surface area contributed by atoms with Crippen molar-refractivity contribution >= 4 is 107 Å². The van der Waals surface area contributed by atoms with Crippen LogP contribution >= 0.6 is 22.7 Å². The van der Waals surface area contributed by atoms with Gasteiger partial charge in [0.25, 0.3) is 0 Å². The van der Waals surface area contributed by atoms with Crippen molar-refractivity contribution in [3.8, 4) is 33.6 Å². The lowest BCUT2D eigenvalue weighted by Crippen LogP contribution is -1.95. The number of nitrogens with zero attached hydrogens (tertiary/aromatic N) is 4. The molecule has 58 heavy (non-hydrogen) atoms. The molecule has 0 saturated heterocycles. The summed E-state index contributed by atoms with van der Waals surface area (Å²) in [4.78, 5) is 8.98. The lowest BCUT2D eigenvalue weighted by Gasteiger charge is -2.15. The number of pyridine rings is 2. The fourth-order valence-electron chi connectivity index (χ4n) is 9.39. The first kappa shape index (κ1) is 32.0. The van der Waals surface area contributed by atoms with E-state index in [1.165, 1.54) is 106 Å². The van der Waals surface area contributed by atoms with Crippen molar-refractivity contribution in [3.63, 3.8) is 0 Å². The molecule has 6 heteroatoms. The topological polar surface area (TPSA) is 35.6 Å². The molecule has 6 heterocycles. The molecule has 0 unspecified atom stereocenters. The molecular formula is C52H30N4S2. The van der Waals surface area contributed by atoms with Gasteiger partial charge in [-0.2, -0.15) is 0 Å². The van der Waals surface area contributed by atoms with Gasteiger partial charge in [-0.05, 0) is 101 Å². The Bertz CT molecular complexity index is 3810. The first-order valence-electron chi connectivity index (χ1n) is 19.5. The van der Waals surface area contributed by atoms with E-state index < -0.39 is 0 Å². The second-order valence-electron chi connectivity index (χ2n) is 15.0. The van der Waals surface area contributed by atoms with E-state index in [1.807, 2.05) is 47.5 Å². The smallest absolute Gasteiger partial charge is 0.0547 e. The maximum absolute atomic E-state index is 4.50. The monoisotopic (exact) mass is 774 g/mol. The minimum absolute atomic E-state index is 1.14. The van der Waals surface area contributed by atoms with Crippen LogP contribution in [0.15, 0.2) is 183 Å². The van der Waals surface area contributed by atoms with Crippen LogP contribution in [-0.4, -0.2) is 19.1 Å². The average molecular weight is 775 g/mol. The van der Waals surface area contributed by atoms with Gasteiger partial charge in [-0.1, -0.05) is 78.9 Å². The normalized spacial score (nSPS) is 12.1. The van der Waals surface area contributed by atoms with Crippen LogP contribution in [0.2, 0.25) is 0 Å². The first-order valence-corrected chi connectivity index (χ1v) is 21.1. The molecule has 0 amide bonds. The molecule has 0 saturated carbocycles. The molecule has 0 aliphatic heterocycles. The molecule has 0 spiro atoms. The summed E-state index contributed by atoms with van der Waals surface area (Å²) in [5, 5.41) is 9.81. The van der Waals surface area contributed by atoms with Crippen molar-refractivity contribution in [2.24, 2.45) is 0 Å². The summed E-state index contributed by atoms with van der Waals surface area (Å²) in [6.07, 6.45) is 7.77. The number of fused-ring (bicyclic) bond motifs is 12. The van der Waals surface area contributed by atoms with E-state index in [1.54, 1.807) is 0 Å². The maximum Gasteiger partial charge on any atom is 0.0547 e. The van der Waals surface area contributed by atoms with Crippen molar-refractivity contribution in [1.82, 2.24) is 19.1 Å². The largest absolute Gasteiger partial charge is 0.309 e. The zero-order valence-corrected chi connectivity index (χ0v) is 32.6. The first-order chi connectivity index (χ1) is 28.8. The van der Waals surface area contributed by atoms with Crippen LogP contribution in [-0.2, 0) is 0 Å². The van der Waals surface area contributed by atoms with Crippen molar-refractivity contribution in [3.05, 3.63) is 183 Å². The van der Waals surface area contributed by atoms with Crippen LogP contribution in [0.3, 0.4) is 0 Å². The molecule has 270 valence electrons. The van der Waals surface area contributed by atoms with E-state index in [2.05, 4.69) is 177 Å². The van der Waals surface area contributed by atoms with E-state index in [0.29, 0.717) is 0 Å². The molecule has 0 radical (unpaired) electrons. The van der Waals surface area contributed by atoms with Crippen molar-refractivity contribution in [1.29, 1.82) is 0 Å². The predicted octanol–water partition coefficient (Wildman–Crippen LogP) is 14.7. The Hall–Kier alpha value is -7.12. The van der Waals surface area contributed by atoms with Gasteiger partial charge < -0.3 is 9.13 Å². The zero-order chi connectivity index (χ0) is 37.9. The summed E-state index contributed by atoms with van der Waals surface area (Å²) < 4.78 is 9.96. The SMILES string of the molecule is c1ccc(-c2cc3c4ccccc4n(-c4ccc5sc6ccncc6c5c4)c3cc2-c2cccc3c2c2ccccc2n3-c2ccc3sc4ccncc4c3c2)cc1. The standard InChI is InChI=1S/C52H30N4S2/c1-2-9-31(10-3-1)37-27-39-34-11-4-6-14-44(34)56(33-18-20-49-41(26-33)43-30-54-24-22-51(43)58-49)47(39)28-38(37)35-13-8-16-46-52(35)36-12-5-7-15-45(36)55(46)32-17-19-48-40(25-32)42-29-53-23-21-50(42)57-48/h1-30H. The summed E-state index contributed by atoms with van der Waals surface area (Å²) in [6, 6.07) is 58.3. The number of hydrogen-bond donors (Lipinski definition) is 0. The van der Waals surface area contributed by atoms with Gasteiger partial charge in [-0.25, -0.2) is 0 Å². The fourth-order valence-corrected chi connectivity index (χ4v) is 11.5. The minimum Gasteiger partial charge on any atom is -0.309 e. The molecule has 0 N–H and O–H groups in total. The maximum atomic E-state index is 4.50. The summed E-state index contributed by atoms with van der Waals surface area (Å²) in [5.74, 6) is 0. The Kier molecular flexibility index (Phi) is 6.73. The molecule has 7 aromatic carbocycles. The summed E-state index contributed by atoms with van der Waals surface area (Å²) in [7, 11) is 0. The molecule has 4 nitrogen and oxygen atoms in total. The van der Waals surface area contributed by atoms with Gasteiger partial charge in [-0.15, -0.1) is 22.7 Å². The van der Waals surface area contributed by atoms with Gasteiger partial charge >= 0.3 is 0 Å². The molecule has 0 bridgehead atoms. The minimum atomic E-state index is 1.14. The third-order valence-electron chi connectivity index (χ3n) is 11.9. The quantitative estimate of drug-likeness (QED) is 0.178. The van der Waals surface area contributed by atoms with Crippen molar-refractivity contribution < 1.29 is 0 Å². The van der Waals surface area contributed by atoms with Crippen LogP contribution in [0, 0.1) is 0 Å². The Morgan fingerprint density at radius 3 is 1.60 bits per heavy atom. The zero-order valence-electron chi connectivity index (χ0n) is 30.9. The third-order valence-corrected chi connectivity index (χ3v) is 14.2. The second kappa shape index (κ2) is 12.2. The van der Waals surface area contributed by atoms with Crippen molar-refractivity contribution in [2.75, 3.05) is 0 Å². The lowest BCUT2D eigenvalue weighted by atomic mass is 9.90. The molecule has 0 atom stereocenters. The number of rotatable bonds is 4. The van der Waals surface area contributed by atoms with Crippen LogP contribution in [0.5, 0.6) is 0 Å². The predicted molar refractivity (Wildman–Crippen MR) is 247 cm³/mol. The van der Waals surface area contributed by atoms with E-state index in [9.17, 15) is 0 Å². The Morgan fingerprint density at radius 1 is 0.345 bits per heavy atom. The molecule has 13 aromatic rings. The number of thiophene rings is 2. The summed E-state index contributed by atoms with van der Waals surface area (Å²) in [5.41, 5.74) is 11.8. The van der Waals surface area contributed by atoms with Crippen LogP contribution in [0.4, 0.5) is 0 Å². The van der Waals surface area contributed by atoms with Crippen LogP contribution in [0.1, 0.15) is 0 Å². The van der Waals surface area contributed by atoms with Gasteiger partial charge in [0.2, 0.25) is 0 Å². The highest BCUT2D eigenvalue weighted by Crippen LogP contribution is 2.46. The van der Waals surface area contributed by atoms with Crippen molar-refractivity contribution in [2.45, 2.75) is 0 Å². The van der Waals surface area contributed by atoms with Crippen LogP contribution < -0.4 is 0 Å². The molecule has 0 aliphatic rings.